The van der Waals surface area contributed by atoms with E-state index >= 15 is 0 Å². The van der Waals surface area contributed by atoms with Crippen LogP contribution in [-0.4, -0.2) is 24.0 Å². The van der Waals surface area contributed by atoms with E-state index in [1.54, 1.807) is 23.5 Å². The van der Waals surface area contributed by atoms with Gasteiger partial charge in [0, 0.05) is 33.4 Å². The Kier molecular flexibility index (Phi) is 5.54. The minimum absolute atomic E-state index is 0.197. The Hall–Kier alpha value is -0.750. The van der Waals surface area contributed by atoms with Crippen molar-refractivity contribution in [3.8, 4) is 0 Å². The Morgan fingerprint density at radius 1 is 1.38 bits per heavy atom. The minimum Gasteiger partial charge on any atom is -0.329 e. The van der Waals surface area contributed by atoms with Crippen LogP contribution in [-0.2, 0) is 13.0 Å². The smallest absolute Gasteiger partial charge is 0.123 e. The van der Waals surface area contributed by atoms with Gasteiger partial charge in [-0.2, -0.15) is 0 Å². The highest BCUT2D eigenvalue weighted by Gasteiger charge is 2.28. The maximum atomic E-state index is 13.3. The van der Waals surface area contributed by atoms with Crippen LogP contribution in [0.3, 0.4) is 0 Å². The molecular weight excluding hydrogens is 351 g/mol. The summed E-state index contributed by atoms with van der Waals surface area (Å²) in [6.07, 6.45) is 0.726. The fourth-order valence-electron chi connectivity index (χ4n) is 2.31. The second-order valence-corrected chi connectivity index (χ2v) is 7.51. The van der Waals surface area contributed by atoms with Crippen molar-refractivity contribution < 1.29 is 4.39 Å². The summed E-state index contributed by atoms with van der Waals surface area (Å²) in [7, 11) is 2.07. The maximum absolute atomic E-state index is 13.3. The second kappa shape index (κ2) is 7.01. The van der Waals surface area contributed by atoms with Gasteiger partial charge in [0.05, 0.1) is 0 Å². The molecule has 1 heterocycles. The van der Waals surface area contributed by atoms with E-state index in [-0.39, 0.29) is 11.4 Å². The van der Waals surface area contributed by atoms with Gasteiger partial charge >= 0.3 is 0 Å². The molecule has 1 aromatic heterocycles. The third-order valence-corrected chi connectivity index (χ3v) is 5.53. The fraction of sp³-hybridized carbons (Fsp3) is 0.375. The molecule has 1 atom stereocenters. The highest BCUT2D eigenvalue weighted by atomic mass is 79.9. The van der Waals surface area contributed by atoms with Gasteiger partial charge in [0.15, 0.2) is 0 Å². The van der Waals surface area contributed by atoms with E-state index in [0.717, 1.165) is 23.0 Å². The van der Waals surface area contributed by atoms with Gasteiger partial charge in [-0.3, -0.25) is 4.90 Å². The van der Waals surface area contributed by atoms with Crippen molar-refractivity contribution in [1.29, 1.82) is 0 Å². The number of thiophene rings is 1. The van der Waals surface area contributed by atoms with Crippen LogP contribution in [0.15, 0.2) is 40.2 Å². The number of halogens is 2. The lowest BCUT2D eigenvalue weighted by Gasteiger charge is -2.38. The van der Waals surface area contributed by atoms with Gasteiger partial charge < -0.3 is 5.73 Å². The average molecular weight is 371 g/mol. The standard InChI is InChI=1S/C16H20BrFN2S/c1-16(11-19,8-12-4-3-5-14(18)6-12)20(2)9-15-7-13(17)10-21-15/h3-7,10H,8-9,11,19H2,1-2H3. The lowest BCUT2D eigenvalue weighted by atomic mass is 9.91. The summed E-state index contributed by atoms with van der Waals surface area (Å²) < 4.78 is 14.5. The molecule has 0 saturated carbocycles. The van der Waals surface area contributed by atoms with E-state index in [0.29, 0.717) is 6.54 Å². The van der Waals surface area contributed by atoms with Crippen LogP contribution in [0.2, 0.25) is 0 Å². The first-order chi connectivity index (χ1) is 9.93. The summed E-state index contributed by atoms with van der Waals surface area (Å²) in [5, 5.41) is 2.08. The van der Waals surface area contributed by atoms with Gasteiger partial charge in [0.25, 0.3) is 0 Å². The number of rotatable bonds is 6. The first kappa shape index (κ1) is 16.6. The van der Waals surface area contributed by atoms with E-state index in [1.807, 2.05) is 6.07 Å². The number of hydrogen-bond acceptors (Lipinski definition) is 3. The van der Waals surface area contributed by atoms with Crippen molar-refractivity contribution in [2.24, 2.45) is 5.73 Å². The molecule has 1 unspecified atom stereocenters. The lowest BCUT2D eigenvalue weighted by Crippen LogP contribution is -2.50. The van der Waals surface area contributed by atoms with E-state index in [9.17, 15) is 4.39 Å². The monoisotopic (exact) mass is 370 g/mol. The van der Waals surface area contributed by atoms with Crippen LogP contribution in [0.5, 0.6) is 0 Å². The van der Waals surface area contributed by atoms with Crippen molar-refractivity contribution in [3.63, 3.8) is 0 Å². The Balaban J connectivity index is 2.11. The SMILES string of the molecule is CN(Cc1cc(Br)cs1)C(C)(CN)Cc1cccc(F)c1. The van der Waals surface area contributed by atoms with Crippen molar-refractivity contribution in [1.82, 2.24) is 4.90 Å². The molecule has 0 aliphatic rings. The molecule has 0 fully saturated rings. The number of hydrogen-bond donors (Lipinski definition) is 1. The Morgan fingerprint density at radius 2 is 2.14 bits per heavy atom. The predicted molar refractivity (Wildman–Crippen MR) is 91.0 cm³/mol. The van der Waals surface area contributed by atoms with Crippen LogP contribution in [0.4, 0.5) is 4.39 Å². The molecule has 1 aromatic carbocycles. The number of likely N-dealkylation sites (N-methyl/N-ethyl adjacent to an activating group) is 1. The Labute approximate surface area is 137 Å². The van der Waals surface area contributed by atoms with Crippen LogP contribution in [0.1, 0.15) is 17.4 Å². The molecule has 0 aliphatic heterocycles. The highest BCUT2D eigenvalue weighted by Crippen LogP contribution is 2.25. The summed E-state index contributed by atoms with van der Waals surface area (Å²) in [6.45, 7) is 3.48. The van der Waals surface area contributed by atoms with Gasteiger partial charge in [-0.15, -0.1) is 11.3 Å². The van der Waals surface area contributed by atoms with Gasteiger partial charge in [0.1, 0.15) is 5.82 Å². The minimum atomic E-state index is -0.204. The molecule has 5 heteroatoms. The molecule has 0 amide bonds. The molecule has 0 bridgehead atoms. The first-order valence-corrected chi connectivity index (χ1v) is 8.49. The zero-order valence-corrected chi connectivity index (χ0v) is 14.7. The van der Waals surface area contributed by atoms with Crippen LogP contribution in [0, 0.1) is 5.82 Å². The molecule has 114 valence electrons. The van der Waals surface area contributed by atoms with E-state index in [2.05, 4.69) is 46.2 Å². The second-order valence-electron chi connectivity index (χ2n) is 5.60. The lowest BCUT2D eigenvalue weighted by molar-refractivity contribution is 0.137. The zero-order valence-electron chi connectivity index (χ0n) is 12.3. The summed E-state index contributed by atoms with van der Waals surface area (Å²) in [5.41, 5.74) is 6.78. The predicted octanol–water partition coefficient (Wildman–Crippen LogP) is 4.04. The maximum Gasteiger partial charge on any atom is 0.123 e. The first-order valence-electron chi connectivity index (χ1n) is 6.81. The van der Waals surface area contributed by atoms with E-state index in [1.165, 1.54) is 10.9 Å². The largest absolute Gasteiger partial charge is 0.329 e. The molecule has 0 saturated heterocycles. The van der Waals surface area contributed by atoms with Crippen molar-refractivity contribution >= 4 is 27.3 Å². The van der Waals surface area contributed by atoms with Crippen molar-refractivity contribution in [2.75, 3.05) is 13.6 Å². The normalized spacial score (nSPS) is 14.4. The van der Waals surface area contributed by atoms with E-state index < -0.39 is 0 Å². The summed E-state index contributed by atoms with van der Waals surface area (Å²) in [4.78, 5) is 3.53. The van der Waals surface area contributed by atoms with Crippen LogP contribution >= 0.6 is 27.3 Å². The molecule has 2 rings (SSSR count). The topological polar surface area (TPSA) is 29.3 Å². The molecule has 2 N–H and O–H groups in total. The summed E-state index contributed by atoms with van der Waals surface area (Å²) >= 11 is 5.20. The van der Waals surface area contributed by atoms with Crippen LogP contribution < -0.4 is 5.73 Å². The molecule has 2 nitrogen and oxygen atoms in total. The highest BCUT2D eigenvalue weighted by molar-refractivity contribution is 9.10. The molecule has 0 radical (unpaired) electrons. The Morgan fingerprint density at radius 3 is 2.71 bits per heavy atom. The number of nitrogens with zero attached hydrogens (tertiary/aromatic N) is 1. The van der Waals surface area contributed by atoms with Gasteiger partial charge in [-0.05, 0) is 60.1 Å². The zero-order chi connectivity index (χ0) is 15.5. The van der Waals surface area contributed by atoms with Crippen molar-refractivity contribution in [3.05, 3.63) is 56.4 Å². The summed E-state index contributed by atoms with van der Waals surface area (Å²) in [5.74, 6) is -0.197. The molecule has 0 spiro atoms. The molecule has 21 heavy (non-hydrogen) atoms. The summed E-state index contributed by atoms with van der Waals surface area (Å²) in [6, 6.07) is 8.88. The molecule has 2 aromatic rings. The van der Waals surface area contributed by atoms with Gasteiger partial charge in [0.2, 0.25) is 0 Å². The van der Waals surface area contributed by atoms with Crippen LogP contribution in [0.25, 0.3) is 0 Å². The average Bonchev–Trinajstić information content (AvgIpc) is 2.84. The third kappa shape index (κ3) is 4.36. The third-order valence-electron chi connectivity index (χ3n) is 3.85. The Bertz CT molecular complexity index is 601. The van der Waals surface area contributed by atoms with Gasteiger partial charge in [-0.25, -0.2) is 4.39 Å². The van der Waals surface area contributed by atoms with Crippen molar-refractivity contribution in [2.45, 2.75) is 25.4 Å². The number of benzene rings is 1. The fourth-order valence-corrected chi connectivity index (χ4v) is 3.81. The van der Waals surface area contributed by atoms with E-state index in [4.69, 9.17) is 5.73 Å². The molecule has 0 aliphatic carbocycles. The molecular formula is C16H20BrFN2S. The quantitative estimate of drug-likeness (QED) is 0.831. The number of nitrogens with two attached hydrogens (primary N) is 1. The van der Waals surface area contributed by atoms with Gasteiger partial charge in [-0.1, -0.05) is 12.1 Å².